The lowest BCUT2D eigenvalue weighted by Crippen LogP contribution is -2.45. The number of aryl methyl sites for hydroxylation is 2. The number of hydrogen-bond acceptors (Lipinski definition) is 3. The zero-order valence-electron chi connectivity index (χ0n) is 15.6. The van der Waals surface area contributed by atoms with Crippen molar-refractivity contribution in [2.45, 2.75) is 57.5 Å². The van der Waals surface area contributed by atoms with Crippen LogP contribution in [0.1, 0.15) is 48.8 Å². The number of piperidine rings is 1. The molecule has 144 valence electrons. The van der Waals surface area contributed by atoms with Crippen molar-refractivity contribution in [2.24, 2.45) is 5.92 Å². The molecule has 0 radical (unpaired) electrons. The first-order valence-corrected chi connectivity index (χ1v) is 10.1. The van der Waals surface area contributed by atoms with Crippen LogP contribution in [0.15, 0.2) is 18.2 Å². The molecule has 1 amide bonds. The minimum absolute atomic E-state index is 0. The van der Waals surface area contributed by atoms with Gasteiger partial charge >= 0.3 is 0 Å². The molecule has 2 heterocycles. The highest BCUT2D eigenvalue weighted by Crippen LogP contribution is 2.24. The summed E-state index contributed by atoms with van der Waals surface area (Å²) in [4.78, 5) is 14.8. The predicted molar refractivity (Wildman–Crippen MR) is 108 cm³/mol. The second-order valence-corrected chi connectivity index (χ2v) is 8.09. The van der Waals surface area contributed by atoms with Crippen molar-refractivity contribution in [2.75, 3.05) is 26.2 Å². The fraction of sp³-hybridized carbons (Fsp3) is 0.667. The summed E-state index contributed by atoms with van der Waals surface area (Å²) in [6, 6.07) is 7.14. The van der Waals surface area contributed by atoms with Gasteiger partial charge < -0.3 is 10.6 Å². The number of carbonyl (C=O) groups is 1. The summed E-state index contributed by atoms with van der Waals surface area (Å²) in [6.07, 6.45) is 8.42. The largest absolute Gasteiger partial charge is 0.354 e. The van der Waals surface area contributed by atoms with Gasteiger partial charge in [0.05, 0.1) is 6.04 Å². The topological polar surface area (TPSA) is 44.4 Å². The lowest BCUT2D eigenvalue weighted by molar-refractivity contribution is -0.123. The zero-order valence-corrected chi connectivity index (χ0v) is 16.5. The van der Waals surface area contributed by atoms with Crippen LogP contribution in [-0.2, 0) is 24.2 Å². The number of hydrogen-bond donors (Lipinski definition) is 2. The molecule has 0 saturated carbocycles. The van der Waals surface area contributed by atoms with Gasteiger partial charge in [0.25, 0.3) is 0 Å². The van der Waals surface area contributed by atoms with E-state index in [1.165, 1.54) is 44.2 Å². The molecule has 4 nitrogen and oxygen atoms in total. The first-order chi connectivity index (χ1) is 12.3. The van der Waals surface area contributed by atoms with Crippen molar-refractivity contribution in [3.8, 4) is 0 Å². The Morgan fingerprint density at radius 1 is 1.15 bits per heavy atom. The molecule has 2 atom stereocenters. The molecule has 1 aliphatic carbocycles. The molecule has 4 rings (SSSR count). The van der Waals surface area contributed by atoms with Crippen molar-refractivity contribution in [3.05, 3.63) is 34.9 Å². The zero-order chi connectivity index (χ0) is 17.1. The number of nitrogens with one attached hydrogen (secondary N) is 2. The molecule has 2 saturated heterocycles. The van der Waals surface area contributed by atoms with E-state index in [0.717, 1.165) is 39.0 Å². The summed E-state index contributed by atoms with van der Waals surface area (Å²) in [5.41, 5.74) is 4.59. The van der Waals surface area contributed by atoms with E-state index in [4.69, 9.17) is 0 Å². The molecule has 1 aromatic carbocycles. The highest BCUT2D eigenvalue weighted by atomic mass is 35.5. The predicted octanol–water partition coefficient (Wildman–Crippen LogP) is 2.68. The maximum Gasteiger partial charge on any atom is 0.237 e. The summed E-state index contributed by atoms with van der Waals surface area (Å²) in [6.45, 7) is 5.16. The van der Waals surface area contributed by atoms with Crippen LogP contribution in [0.3, 0.4) is 0 Å². The molecule has 1 aromatic rings. The van der Waals surface area contributed by atoms with Crippen LogP contribution in [0.5, 0.6) is 0 Å². The molecule has 0 spiro atoms. The molecule has 2 fully saturated rings. The van der Waals surface area contributed by atoms with Gasteiger partial charge in [0.15, 0.2) is 0 Å². The van der Waals surface area contributed by atoms with Crippen molar-refractivity contribution in [3.63, 3.8) is 0 Å². The van der Waals surface area contributed by atoms with Gasteiger partial charge in [0, 0.05) is 19.6 Å². The number of rotatable bonds is 5. The van der Waals surface area contributed by atoms with E-state index >= 15 is 0 Å². The van der Waals surface area contributed by atoms with Gasteiger partial charge in [-0.1, -0.05) is 18.2 Å². The van der Waals surface area contributed by atoms with Crippen molar-refractivity contribution < 1.29 is 4.79 Å². The molecule has 0 bridgehead atoms. The molecular weight excluding hydrogens is 346 g/mol. The van der Waals surface area contributed by atoms with E-state index in [2.05, 4.69) is 33.7 Å². The smallest absolute Gasteiger partial charge is 0.237 e. The number of halogens is 1. The molecular formula is C21H32ClN3O. The lowest BCUT2D eigenvalue weighted by Gasteiger charge is -2.33. The highest BCUT2D eigenvalue weighted by molar-refractivity contribution is 5.85. The first-order valence-electron chi connectivity index (χ1n) is 10.1. The highest BCUT2D eigenvalue weighted by Gasteiger charge is 2.24. The van der Waals surface area contributed by atoms with Crippen molar-refractivity contribution in [1.29, 1.82) is 0 Å². The van der Waals surface area contributed by atoms with E-state index in [0.29, 0.717) is 5.92 Å². The Balaban J connectivity index is 0.00000196. The third-order valence-electron chi connectivity index (χ3n) is 6.11. The number of carbonyl (C=O) groups excluding carboxylic acids is 1. The summed E-state index contributed by atoms with van der Waals surface area (Å²) < 4.78 is 0. The number of likely N-dealkylation sites (tertiary alicyclic amines) is 1. The average Bonchev–Trinajstić information content (AvgIpc) is 3.31. The minimum Gasteiger partial charge on any atom is -0.354 e. The van der Waals surface area contributed by atoms with Gasteiger partial charge in [-0.15, -0.1) is 12.4 Å². The van der Waals surface area contributed by atoms with Gasteiger partial charge in [0.2, 0.25) is 5.91 Å². The second kappa shape index (κ2) is 9.20. The molecule has 0 aromatic heterocycles. The Bertz CT molecular complexity index is 615. The molecule has 2 unspecified atom stereocenters. The van der Waals surface area contributed by atoms with Crippen LogP contribution in [-0.4, -0.2) is 43.0 Å². The standard InChI is InChI=1S/C21H31N3O.ClH/c25-21(20-7-2-10-22-20)23-13-17-4-3-11-24(15-17)14-16-8-9-18-5-1-6-19(18)12-16;/h8-9,12,17,20,22H,1-7,10-11,13-15H2,(H,23,25);1H. The van der Waals surface area contributed by atoms with Crippen LogP contribution < -0.4 is 10.6 Å². The Labute approximate surface area is 163 Å². The van der Waals surface area contributed by atoms with Crippen molar-refractivity contribution >= 4 is 18.3 Å². The van der Waals surface area contributed by atoms with Gasteiger partial charge in [-0.25, -0.2) is 0 Å². The Morgan fingerprint density at radius 2 is 2.04 bits per heavy atom. The van der Waals surface area contributed by atoms with E-state index in [1.54, 1.807) is 11.1 Å². The summed E-state index contributed by atoms with van der Waals surface area (Å²) >= 11 is 0. The average molecular weight is 378 g/mol. The minimum atomic E-state index is 0. The van der Waals surface area contributed by atoms with Crippen LogP contribution in [0.25, 0.3) is 0 Å². The van der Waals surface area contributed by atoms with E-state index in [-0.39, 0.29) is 24.4 Å². The number of fused-ring (bicyclic) bond motifs is 1. The van der Waals surface area contributed by atoms with E-state index in [1.807, 2.05) is 0 Å². The lowest BCUT2D eigenvalue weighted by atomic mass is 9.97. The summed E-state index contributed by atoms with van der Waals surface area (Å²) in [5, 5.41) is 6.47. The molecule has 2 aliphatic heterocycles. The molecule has 2 N–H and O–H groups in total. The molecule has 3 aliphatic rings. The van der Waals surface area contributed by atoms with Crippen molar-refractivity contribution in [1.82, 2.24) is 15.5 Å². The summed E-state index contributed by atoms with van der Waals surface area (Å²) in [7, 11) is 0. The third kappa shape index (κ3) is 4.79. The SMILES string of the molecule is Cl.O=C(NCC1CCCN(Cc2ccc3c(c2)CCC3)C1)C1CCCN1. The molecule has 5 heteroatoms. The van der Waals surface area contributed by atoms with Crippen LogP contribution in [0.4, 0.5) is 0 Å². The Kier molecular flexibility index (Phi) is 6.96. The maximum atomic E-state index is 12.2. The van der Waals surface area contributed by atoms with E-state index in [9.17, 15) is 4.79 Å². The van der Waals surface area contributed by atoms with Crippen LogP contribution in [0.2, 0.25) is 0 Å². The van der Waals surface area contributed by atoms with Gasteiger partial charge in [-0.05, 0) is 80.6 Å². The maximum absolute atomic E-state index is 12.2. The third-order valence-corrected chi connectivity index (χ3v) is 6.11. The Morgan fingerprint density at radius 3 is 2.88 bits per heavy atom. The number of amides is 1. The fourth-order valence-electron chi connectivity index (χ4n) is 4.72. The first kappa shape index (κ1) is 19.7. The number of nitrogens with zero attached hydrogens (tertiary/aromatic N) is 1. The van der Waals surface area contributed by atoms with Gasteiger partial charge in [-0.3, -0.25) is 9.69 Å². The normalized spacial score (nSPS) is 25.5. The van der Waals surface area contributed by atoms with E-state index < -0.39 is 0 Å². The molecule has 26 heavy (non-hydrogen) atoms. The Hall–Kier alpha value is -1.10. The quantitative estimate of drug-likeness (QED) is 0.829. The summed E-state index contributed by atoms with van der Waals surface area (Å²) in [5.74, 6) is 0.793. The monoisotopic (exact) mass is 377 g/mol. The van der Waals surface area contributed by atoms with Crippen LogP contribution in [0, 0.1) is 5.92 Å². The fourth-order valence-corrected chi connectivity index (χ4v) is 4.72. The van der Waals surface area contributed by atoms with Crippen LogP contribution >= 0.6 is 12.4 Å². The van der Waals surface area contributed by atoms with Gasteiger partial charge in [-0.2, -0.15) is 0 Å². The van der Waals surface area contributed by atoms with Gasteiger partial charge in [0.1, 0.15) is 0 Å². The number of benzene rings is 1. The second-order valence-electron chi connectivity index (χ2n) is 8.09.